The number of aromatic nitrogens is 3. The maximum atomic E-state index is 11.5. The van der Waals surface area contributed by atoms with E-state index in [4.69, 9.17) is 4.74 Å². The SMILES string of the molecule is COC(=O)c1ccc(CNc2cc(-c3ccccc3)n3nccc3n2)cc1. The van der Waals surface area contributed by atoms with E-state index in [1.807, 2.05) is 59.1 Å². The highest BCUT2D eigenvalue weighted by Crippen LogP contribution is 2.23. The third kappa shape index (κ3) is 3.50. The van der Waals surface area contributed by atoms with Gasteiger partial charge in [-0.3, -0.25) is 0 Å². The average Bonchev–Trinajstić information content (AvgIpc) is 3.20. The number of esters is 1. The topological polar surface area (TPSA) is 68.5 Å². The average molecular weight is 358 g/mol. The molecule has 0 aliphatic heterocycles. The van der Waals surface area contributed by atoms with Gasteiger partial charge in [-0.25, -0.2) is 14.3 Å². The Morgan fingerprint density at radius 2 is 1.85 bits per heavy atom. The molecule has 0 saturated carbocycles. The van der Waals surface area contributed by atoms with Gasteiger partial charge in [0.2, 0.25) is 0 Å². The molecular formula is C21H18N4O2. The van der Waals surface area contributed by atoms with Crippen molar-refractivity contribution in [1.29, 1.82) is 0 Å². The molecule has 0 radical (unpaired) electrons. The maximum Gasteiger partial charge on any atom is 0.337 e. The van der Waals surface area contributed by atoms with Gasteiger partial charge in [0.05, 0.1) is 24.6 Å². The third-order valence-electron chi connectivity index (χ3n) is 4.28. The van der Waals surface area contributed by atoms with Gasteiger partial charge in [-0.05, 0) is 17.7 Å². The number of anilines is 1. The highest BCUT2D eigenvalue weighted by Gasteiger charge is 2.09. The van der Waals surface area contributed by atoms with Crippen LogP contribution in [0.25, 0.3) is 16.9 Å². The molecule has 0 aliphatic rings. The van der Waals surface area contributed by atoms with Crippen molar-refractivity contribution in [2.75, 3.05) is 12.4 Å². The maximum absolute atomic E-state index is 11.5. The summed E-state index contributed by atoms with van der Waals surface area (Å²) in [6.07, 6.45) is 1.74. The second kappa shape index (κ2) is 7.29. The van der Waals surface area contributed by atoms with Crippen molar-refractivity contribution in [3.8, 4) is 11.3 Å². The largest absolute Gasteiger partial charge is 0.465 e. The zero-order chi connectivity index (χ0) is 18.6. The molecule has 0 fully saturated rings. The van der Waals surface area contributed by atoms with Crippen molar-refractivity contribution in [1.82, 2.24) is 14.6 Å². The Morgan fingerprint density at radius 3 is 2.59 bits per heavy atom. The normalized spacial score (nSPS) is 10.7. The van der Waals surface area contributed by atoms with Gasteiger partial charge in [-0.2, -0.15) is 5.10 Å². The Labute approximate surface area is 156 Å². The number of carbonyl (C=O) groups excluding carboxylic acids is 1. The molecule has 0 bridgehead atoms. The number of fused-ring (bicyclic) bond motifs is 1. The van der Waals surface area contributed by atoms with Crippen molar-refractivity contribution in [3.05, 3.63) is 84.1 Å². The van der Waals surface area contributed by atoms with E-state index >= 15 is 0 Å². The number of rotatable bonds is 5. The lowest BCUT2D eigenvalue weighted by Crippen LogP contribution is -2.05. The molecule has 6 heteroatoms. The Morgan fingerprint density at radius 1 is 1.07 bits per heavy atom. The number of hydrogen-bond donors (Lipinski definition) is 1. The van der Waals surface area contributed by atoms with Crippen molar-refractivity contribution < 1.29 is 9.53 Å². The summed E-state index contributed by atoms with van der Waals surface area (Å²) >= 11 is 0. The van der Waals surface area contributed by atoms with E-state index in [2.05, 4.69) is 15.4 Å². The van der Waals surface area contributed by atoms with Crippen molar-refractivity contribution >= 4 is 17.4 Å². The first-order valence-corrected chi connectivity index (χ1v) is 8.56. The first-order chi connectivity index (χ1) is 13.2. The molecule has 2 heterocycles. The van der Waals surface area contributed by atoms with Gasteiger partial charge in [0.25, 0.3) is 0 Å². The van der Waals surface area contributed by atoms with Crippen LogP contribution in [-0.4, -0.2) is 27.7 Å². The summed E-state index contributed by atoms with van der Waals surface area (Å²) < 4.78 is 6.55. The number of methoxy groups -OCH3 is 1. The highest BCUT2D eigenvalue weighted by atomic mass is 16.5. The van der Waals surface area contributed by atoms with E-state index in [9.17, 15) is 4.79 Å². The summed E-state index contributed by atoms with van der Waals surface area (Å²) in [5.74, 6) is 0.425. The van der Waals surface area contributed by atoms with Crippen LogP contribution in [0.5, 0.6) is 0 Å². The first kappa shape index (κ1) is 16.8. The van der Waals surface area contributed by atoms with E-state index in [0.717, 1.165) is 28.3 Å². The first-order valence-electron chi connectivity index (χ1n) is 8.56. The van der Waals surface area contributed by atoms with Crippen LogP contribution in [0, 0.1) is 0 Å². The van der Waals surface area contributed by atoms with E-state index in [-0.39, 0.29) is 5.97 Å². The van der Waals surface area contributed by atoms with Crippen LogP contribution >= 0.6 is 0 Å². The molecule has 1 N–H and O–H groups in total. The van der Waals surface area contributed by atoms with E-state index < -0.39 is 0 Å². The minimum absolute atomic E-state index is 0.338. The van der Waals surface area contributed by atoms with Crippen LogP contribution in [-0.2, 0) is 11.3 Å². The van der Waals surface area contributed by atoms with Crippen molar-refractivity contribution in [2.45, 2.75) is 6.54 Å². The fourth-order valence-electron chi connectivity index (χ4n) is 2.89. The smallest absolute Gasteiger partial charge is 0.337 e. The van der Waals surface area contributed by atoms with Crippen LogP contribution in [0.4, 0.5) is 5.82 Å². The minimum atomic E-state index is -0.338. The van der Waals surface area contributed by atoms with Gasteiger partial charge in [0, 0.05) is 24.2 Å². The summed E-state index contributed by atoms with van der Waals surface area (Å²) in [6, 6.07) is 21.3. The molecule has 6 nitrogen and oxygen atoms in total. The second-order valence-electron chi connectivity index (χ2n) is 6.04. The van der Waals surface area contributed by atoms with Crippen LogP contribution in [0.2, 0.25) is 0 Å². The summed E-state index contributed by atoms with van der Waals surface area (Å²) in [5, 5.41) is 7.72. The molecule has 0 saturated heterocycles. The molecule has 0 atom stereocenters. The number of hydrogen-bond acceptors (Lipinski definition) is 5. The molecule has 4 rings (SSSR count). The summed E-state index contributed by atoms with van der Waals surface area (Å²) in [5.41, 5.74) is 4.39. The van der Waals surface area contributed by atoms with E-state index in [1.54, 1.807) is 18.3 Å². The summed E-state index contributed by atoms with van der Waals surface area (Å²) in [7, 11) is 1.38. The zero-order valence-electron chi connectivity index (χ0n) is 14.8. The molecule has 0 unspecified atom stereocenters. The number of nitrogens with zero attached hydrogens (tertiary/aromatic N) is 3. The molecule has 4 aromatic rings. The van der Waals surface area contributed by atoms with Crippen LogP contribution in [0.15, 0.2) is 72.9 Å². The Hall–Kier alpha value is -3.67. The Balaban J connectivity index is 1.58. The van der Waals surface area contributed by atoms with Gasteiger partial charge in [0.1, 0.15) is 5.82 Å². The number of ether oxygens (including phenoxy) is 1. The molecular weight excluding hydrogens is 340 g/mol. The summed E-state index contributed by atoms with van der Waals surface area (Å²) in [6.45, 7) is 0.590. The molecule has 0 spiro atoms. The number of benzene rings is 2. The highest BCUT2D eigenvalue weighted by molar-refractivity contribution is 5.89. The predicted molar refractivity (Wildman–Crippen MR) is 104 cm³/mol. The molecule has 2 aromatic carbocycles. The van der Waals surface area contributed by atoms with Gasteiger partial charge >= 0.3 is 5.97 Å². The van der Waals surface area contributed by atoms with Crippen LogP contribution in [0.1, 0.15) is 15.9 Å². The lowest BCUT2D eigenvalue weighted by molar-refractivity contribution is 0.0600. The van der Waals surface area contributed by atoms with Gasteiger partial charge in [0.15, 0.2) is 5.65 Å². The quantitative estimate of drug-likeness (QED) is 0.550. The molecule has 27 heavy (non-hydrogen) atoms. The van der Waals surface area contributed by atoms with Gasteiger partial charge < -0.3 is 10.1 Å². The zero-order valence-corrected chi connectivity index (χ0v) is 14.8. The van der Waals surface area contributed by atoms with Gasteiger partial charge in [-0.1, -0.05) is 42.5 Å². The van der Waals surface area contributed by atoms with E-state index in [0.29, 0.717) is 12.1 Å². The number of carbonyl (C=O) groups is 1. The molecule has 2 aromatic heterocycles. The van der Waals surface area contributed by atoms with Crippen LogP contribution < -0.4 is 5.32 Å². The lowest BCUT2D eigenvalue weighted by Gasteiger charge is -2.10. The number of nitrogens with one attached hydrogen (secondary N) is 1. The van der Waals surface area contributed by atoms with Crippen molar-refractivity contribution in [2.24, 2.45) is 0 Å². The fraction of sp³-hybridized carbons (Fsp3) is 0.0952. The predicted octanol–water partition coefficient (Wildman–Crippen LogP) is 3.80. The third-order valence-corrected chi connectivity index (χ3v) is 4.28. The minimum Gasteiger partial charge on any atom is -0.465 e. The van der Waals surface area contributed by atoms with Crippen molar-refractivity contribution in [3.63, 3.8) is 0 Å². The summed E-state index contributed by atoms with van der Waals surface area (Å²) in [4.78, 5) is 16.1. The Kier molecular flexibility index (Phi) is 4.53. The van der Waals surface area contributed by atoms with E-state index in [1.165, 1.54) is 7.11 Å². The fourth-order valence-corrected chi connectivity index (χ4v) is 2.89. The standard InChI is InChI=1S/C21H18N4O2/c1-27-21(26)17-9-7-15(8-10-17)14-22-19-13-18(16-5-3-2-4-6-16)25-20(24-19)11-12-23-25/h2-13H,14H2,1H3,(H,22,24). The molecule has 0 aliphatic carbocycles. The van der Waals surface area contributed by atoms with Crippen LogP contribution in [0.3, 0.4) is 0 Å². The van der Waals surface area contributed by atoms with Gasteiger partial charge in [-0.15, -0.1) is 0 Å². The Bertz CT molecular complexity index is 1070. The monoisotopic (exact) mass is 358 g/mol. The lowest BCUT2D eigenvalue weighted by atomic mass is 10.1. The molecule has 0 amide bonds. The second-order valence-corrected chi connectivity index (χ2v) is 6.04. The molecule has 134 valence electrons.